The van der Waals surface area contributed by atoms with Crippen molar-refractivity contribution >= 4 is 17.3 Å². The molecule has 6 nitrogen and oxygen atoms in total. The molecule has 1 saturated carbocycles. The summed E-state index contributed by atoms with van der Waals surface area (Å²) in [6.45, 7) is 1.99. The summed E-state index contributed by atoms with van der Waals surface area (Å²) in [5.41, 5.74) is 4.23. The number of nitrogens with zero attached hydrogens (tertiary/aromatic N) is 4. The van der Waals surface area contributed by atoms with Crippen molar-refractivity contribution in [3.63, 3.8) is 0 Å². The molecule has 4 heterocycles. The van der Waals surface area contributed by atoms with Crippen molar-refractivity contribution < 1.29 is 9.59 Å². The minimum absolute atomic E-state index is 0.103. The summed E-state index contributed by atoms with van der Waals surface area (Å²) in [5, 5.41) is 4.61. The van der Waals surface area contributed by atoms with E-state index in [9.17, 15) is 9.59 Å². The predicted molar refractivity (Wildman–Crippen MR) is 100 cm³/mol. The van der Waals surface area contributed by atoms with E-state index in [1.165, 1.54) is 5.69 Å². The largest absolute Gasteiger partial charge is 0.332 e. The second-order valence-corrected chi connectivity index (χ2v) is 8.42. The Bertz CT molecular complexity index is 918. The monoisotopic (exact) mass is 366 g/mol. The Morgan fingerprint density at radius 1 is 1.26 bits per heavy atom. The Balaban J connectivity index is 1.37. The number of carbonyl (C=O) groups excluding carboxylic acids is 2. The van der Waals surface area contributed by atoms with E-state index in [4.69, 9.17) is 0 Å². The number of carbonyl (C=O) groups is 2. The van der Waals surface area contributed by atoms with Crippen LogP contribution in [-0.4, -0.2) is 37.2 Å². The first kappa shape index (κ1) is 16.9. The lowest BCUT2D eigenvalue weighted by Gasteiger charge is -2.36. The molecule has 3 aliphatic rings. The van der Waals surface area contributed by atoms with E-state index in [1.54, 1.807) is 0 Å². The van der Waals surface area contributed by atoms with Crippen molar-refractivity contribution in [3.05, 3.63) is 29.2 Å². The molecule has 2 bridgehead atoms. The van der Waals surface area contributed by atoms with Gasteiger partial charge >= 0.3 is 0 Å². The Kier molecular flexibility index (Phi) is 4.02. The summed E-state index contributed by atoms with van der Waals surface area (Å²) >= 11 is 0. The van der Waals surface area contributed by atoms with Crippen molar-refractivity contribution in [1.29, 1.82) is 0 Å². The van der Waals surface area contributed by atoms with Crippen LogP contribution in [0.15, 0.2) is 12.3 Å². The molecule has 0 N–H and O–H groups in total. The number of hydrogen-bond donors (Lipinski definition) is 0. The summed E-state index contributed by atoms with van der Waals surface area (Å²) in [4.78, 5) is 31.8. The van der Waals surface area contributed by atoms with Crippen LogP contribution in [-0.2, 0) is 16.0 Å². The van der Waals surface area contributed by atoms with E-state index in [0.29, 0.717) is 18.6 Å². The molecular weight excluding hydrogens is 340 g/mol. The SMILES string of the molecule is Cc1cc2ncc3c(n2n1)C[C@@H]1CC[C@@H]3N1C(=O)CC[C@@H]1CCCCC1=O. The smallest absolute Gasteiger partial charge is 0.223 e. The van der Waals surface area contributed by atoms with Crippen molar-refractivity contribution in [2.75, 3.05) is 0 Å². The van der Waals surface area contributed by atoms with Gasteiger partial charge in [0.25, 0.3) is 0 Å². The molecule has 27 heavy (non-hydrogen) atoms. The first-order valence-electron chi connectivity index (χ1n) is 10.3. The minimum Gasteiger partial charge on any atom is -0.332 e. The van der Waals surface area contributed by atoms with Gasteiger partial charge in [0.15, 0.2) is 5.65 Å². The van der Waals surface area contributed by atoms with Gasteiger partial charge in [-0.15, -0.1) is 0 Å². The summed E-state index contributed by atoms with van der Waals surface area (Å²) in [6, 6.07) is 2.38. The van der Waals surface area contributed by atoms with Gasteiger partial charge in [0.1, 0.15) is 5.78 Å². The molecule has 2 aliphatic heterocycles. The maximum atomic E-state index is 13.1. The second-order valence-electron chi connectivity index (χ2n) is 8.42. The van der Waals surface area contributed by atoms with E-state index in [1.807, 2.05) is 23.7 Å². The van der Waals surface area contributed by atoms with E-state index in [0.717, 1.165) is 61.9 Å². The summed E-state index contributed by atoms with van der Waals surface area (Å²) in [5.74, 6) is 0.677. The van der Waals surface area contributed by atoms with Crippen LogP contribution in [0.1, 0.15) is 74.4 Å². The molecule has 5 rings (SSSR count). The zero-order valence-corrected chi connectivity index (χ0v) is 15.9. The number of hydrogen-bond acceptors (Lipinski definition) is 4. The van der Waals surface area contributed by atoms with Crippen molar-refractivity contribution in [1.82, 2.24) is 19.5 Å². The average molecular weight is 366 g/mol. The van der Waals surface area contributed by atoms with Crippen LogP contribution in [0, 0.1) is 12.8 Å². The Morgan fingerprint density at radius 3 is 3.00 bits per heavy atom. The molecule has 0 spiro atoms. The molecule has 1 aliphatic carbocycles. The fourth-order valence-corrected chi connectivity index (χ4v) is 5.37. The Morgan fingerprint density at radius 2 is 2.15 bits per heavy atom. The summed E-state index contributed by atoms with van der Waals surface area (Å²) in [6.07, 6.45) is 9.85. The van der Waals surface area contributed by atoms with Crippen LogP contribution < -0.4 is 0 Å². The van der Waals surface area contributed by atoms with Gasteiger partial charge in [-0.1, -0.05) is 6.42 Å². The highest BCUT2D eigenvalue weighted by Crippen LogP contribution is 2.44. The van der Waals surface area contributed by atoms with Gasteiger partial charge in [0.2, 0.25) is 5.91 Å². The second kappa shape index (κ2) is 6.43. The number of amides is 1. The highest BCUT2D eigenvalue weighted by atomic mass is 16.2. The van der Waals surface area contributed by atoms with Gasteiger partial charge < -0.3 is 4.90 Å². The first-order chi connectivity index (χ1) is 13.1. The van der Waals surface area contributed by atoms with Gasteiger partial charge in [0, 0.05) is 49.0 Å². The molecule has 2 aromatic heterocycles. The van der Waals surface area contributed by atoms with Gasteiger partial charge in [-0.2, -0.15) is 5.10 Å². The van der Waals surface area contributed by atoms with Crippen LogP contribution in [0.5, 0.6) is 0 Å². The van der Waals surface area contributed by atoms with Crippen LogP contribution in [0.25, 0.3) is 5.65 Å². The number of ketones is 1. The number of Topliss-reactive ketones (excluding diaryl/α,β-unsaturated/α-hetero) is 1. The Hall–Kier alpha value is -2.24. The van der Waals surface area contributed by atoms with Gasteiger partial charge in [-0.05, 0) is 39.0 Å². The summed E-state index contributed by atoms with van der Waals surface area (Å²) < 4.78 is 1.97. The van der Waals surface area contributed by atoms with Gasteiger partial charge in [-0.25, -0.2) is 9.50 Å². The highest BCUT2D eigenvalue weighted by Gasteiger charge is 2.43. The third-order valence-electron chi connectivity index (χ3n) is 6.70. The van der Waals surface area contributed by atoms with Crippen LogP contribution in [0.2, 0.25) is 0 Å². The maximum Gasteiger partial charge on any atom is 0.223 e. The van der Waals surface area contributed by atoms with Crippen molar-refractivity contribution in [3.8, 4) is 0 Å². The maximum absolute atomic E-state index is 13.1. The molecule has 0 unspecified atom stereocenters. The molecule has 0 radical (unpaired) electrons. The number of aryl methyl sites for hydroxylation is 1. The summed E-state index contributed by atoms with van der Waals surface area (Å²) in [7, 11) is 0. The third-order valence-corrected chi connectivity index (χ3v) is 6.70. The normalized spacial score (nSPS) is 27.2. The molecule has 6 heteroatoms. The number of fused-ring (bicyclic) bond motifs is 6. The lowest BCUT2D eigenvalue weighted by atomic mass is 9.84. The molecule has 3 atom stereocenters. The van der Waals surface area contributed by atoms with Gasteiger partial charge in [-0.3, -0.25) is 9.59 Å². The lowest BCUT2D eigenvalue weighted by Crippen LogP contribution is -2.43. The van der Waals surface area contributed by atoms with Crippen LogP contribution in [0.4, 0.5) is 0 Å². The van der Waals surface area contributed by atoms with Gasteiger partial charge in [0.05, 0.1) is 17.4 Å². The van der Waals surface area contributed by atoms with E-state index in [2.05, 4.69) is 15.0 Å². The minimum atomic E-state index is 0.103. The zero-order chi connectivity index (χ0) is 18.5. The molecule has 0 aromatic carbocycles. The van der Waals surface area contributed by atoms with Crippen molar-refractivity contribution in [2.24, 2.45) is 5.92 Å². The Labute approximate surface area is 158 Å². The highest BCUT2D eigenvalue weighted by molar-refractivity contribution is 5.83. The molecule has 1 amide bonds. The van der Waals surface area contributed by atoms with E-state index >= 15 is 0 Å². The quantitative estimate of drug-likeness (QED) is 0.837. The van der Waals surface area contributed by atoms with Crippen molar-refractivity contribution in [2.45, 2.75) is 76.8 Å². The fourth-order valence-electron chi connectivity index (χ4n) is 5.37. The fraction of sp³-hybridized carbons (Fsp3) is 0.619. The third kappa shape index (κ3) is 2.77. The average Bonchev–Trinajstić information content (AvgIpc) is 3.19. The number of aromatic nitrogens is 3. The van der Waals surface area contributed by atoms with Crippen LogP contribution in [0.3, 0.4) is 0 Å². The lowest BCUT2D eigenvalue weighted by molar-refractivity contribution is -0.135. The zero-order valence-electron chi connectivity index (χ0n) is 15.9. The number of rotatable bonds is 3. The molecular formula is C21H26N4O2. The molecule has 2 aromatic rings. The molecule has 2 fully saturated rings. The van der Waals surface area contributed by atoms with E-state index in [-0.39, 0.29) is 23.9 Å². The molecule has 1 saturated heterocycles. The van der Waals surface area contributed by atoms with E-state index < -0.39 is 0 Å². The topological polar surface area (TPSA) is 67.6 Å². The molecule has 142 valence electrons. The predicted octanol–water partition coefficient (Wildman–Crippen LogP) is 3.17. The first-order valence-corrected chi connectivity index (χ1v) is 10.3. The van der Waals surface area contributed by atoms with Crippen LogP contribution >= 0.6 is 0 Å². The standard InChI is InChI=1S/C21H26N4O2/c1-13-10-20-22-12-16-17-8-7-15(11-18(16)25(20)23-13)24(17)21(27)9-6-14-4-2-3-5-19(14)26/h10,12,14-15,17H,2-9,11H2,1H3/t14-,15-,17-/m0/s1.